The lowest BCUT2D eigenvalue weighted by molar-refractivity contribution is 0.0378. The van der Waals surface area contributed by atoms with Crippen LogP contribution in [0.1, 0.15) is 24.8 Å². The number of carboxylic acid groups (broad SMARTS) is 1. The molecule has 1 aliphatic carbocycles. The highest BCUT2D eigenvalue weighted by molar-refractivity contribution is 7.17. The fraction of sp³-hybridized carbons (Fsp3) is 0.250. The first kappa shape index (κ1) is 19.6. The van der Waals surface area contributed by atoms with Gasteiger partial charge in [0.15, 0.2) is 0 Å². The Morgan fingerprint density at radius 1 is 1.16 bits per heavy atom. The van der Waals surface area contributed by atoms with Crippen molar-refractivity contribution in [1.82, 2.24) is 9.88 Å². The molecule has 0 bridgehead atoms. The normalized spacial score (nSPS) is 15.0. The topological polar surface area (TPSA) is 82.6 Å². The van der Waals surface area contributed by atoms with E-state index in [-0.39, 0.29) is 5.56 Å². The molecule has 2 N–H and O–H groups in total. The summed E-state index contributed by atoms with van der Waals surface area (Å²) in [4.78, 5) is 28.5. The summed E-state index contributed by atoms with van der Waals surface area (Å²) >= 11 is 1.42. The quantitative estimate of drug-likeness (QED) is 0.450. The third-order valence-corrected chi connectivity index (χ3v) is 7.51. The average Bonchev–Trinajstić information content (AvgIpc) is 3.23. The van der Waals surface area contributed by atoms with Crippen LogP contribution in [0.3, 0.4) is 0 Å². The molecule has 1 aliphatic rings. The van der Waals surface area contributed by atoms with E-state index < -0.39 is 11.6 Å². The summed E-state index contributed by atoms with van der Waals surface area (Å²) in [6.45, 7) is 0. The van der Waals surface area contributed by atoms with Gasteiger partial charge in [0.2, 0.25) is 0 Å². The molecule has 0 unspecified atom stereocenters. The van der Waals surface area contributed by atoms with Crippen LogP contribution in [0.4, 0.5) is 4.79 Å². The van der Waals surface area contributed by atoms with Crippen molar-refractivity contribution < 1.29 is 14.6 Å². The Labute approximate surface area is 182 Å². The number of nitrogens with zero attached hydrogens (tertiary/aromatic N) is 1. The summed E-state index contributed by atoms with van der Waals surface area (Å²) in [6.07, 6.45) is 1.75. The number of pyridine rings is 1. The van der Waals surface area contributed by atoms with Gasteiger partial charge in [0, 0.05) is 28.9 Å². The summed E-state index contributed by atoms with van der Waals surface area (Å²) in [7, 11) is 3.29. The third kappa shape index (κ3) is 2.84. The molecule has 0 saturated heterocycles. The third-order valence-electron chi connectivity index (χ3n) is 6.60. The molecule has 1 amide bonds. The van der Waals surface area contributed by atoms with Crippen LogP contribution in [0.2, 0.25) is 0 Å². The molecule has 5 rings (SSSR count). The fourth-order valence-corrected chi connectivity index (χ4v) is 5.54. The van der Waals surface area contributed by atoms with E-state index in [9.17, 15) is 14.7 Å². The van der Waals surface area contributed by atoms with Crippen molar-refractivity contribution in [3.8, 4) is 16.9 Å². The van der Waals surface area contributed by atoms with Gasteiger partial charge in [-0.25, -0.2) is 4.79 Å². The zero-order chi connectivity index (χ0) is 21.8. The van der Waals surface area contributed by atoms with Gasteiger partial charge in [-0.15, -0.1) is 11.3 Å². The van der Waals surface area contributed by atoms with Crippen molar-refractivity contribution in [1.29, 1.82) is 0 Å². The highest BCUT2D eigenvalue weighted by atomic mass is 32.1. The molecule has 2 aromatic heterocycles. The number of hydrogen-bond donors (Lipinski definition) is 2. The van der Waals surface area contributed by atoms with Crippen LogP contribution in [0.15, 0.2) is 52.6 Å². The molecule has 0 aliphatic heterocycles. The van der Waals surface area contributed by atoms with Gasteiger partial charge in [0.05, 0.1) is 12.6 Å². The molecule has 0 spiro atoms. The molecule has 6 nitrogen and oxygen atoms in total. The summed E-state index contributed by atoms with van der Waals surface area (Å²) < 4.78 is 6.38. The number of ether oxygens (including phenoxy) is 1. The first-order chi connectivity index (χ1) is 15.0. The number of aromatic amines is 1. The number of nitrogens with one attached hydrogen (secondary N) is 1. The Hall–Kier alpha value is -3.32. The second-order valence-electron chi connectivity index (χ2n) is 7.99. The van der Waals surface area contributed by atoms with Crippen molar-refractivity contribution in [2.24, 2.45) is 0 Å². The van der Waals surface area contributed by atoms with E-state index in [0.29, 0.717) is 4.70 Å². The first-order valence-corrected chi connectivity index (χ1v) is 11.0. The van der Waals surface area contributed by atoms with Crippen LogP contribution in [0, 0.1) is 0 Å². The van der Waals surface area contributed by atoms with Crippen molar-refractivity contribution in [2.75, 3.05) is 14.2 Å². The Balaban J connectivity index is 1.70. The van der Waals surface area contributed by atoms with Crippen molar-refractivity contribution in [2.45, 2.75) is 24.8 Å². The zero-order valence-corrected chi connectivity index (χ0v) is 18.1. The lowest BCUT2D eigenvalue weighted by Gasteiger charge is -2.47. The molecule has 0 radical (unpaired) electrons. The number of benzene rings is 2. The van der Waals surface area contributed by atoms with E-state index in [4.69, 9.17) is 4.74 Å². The number of aromatic nitrogens is 1. The number of carbonyl (C=O) groups is 1. The number of amides is 1. The number of hydrogen-bond acceptors (Lipinski definition) is 4. The van der Waals surface area contributed by atoms with Crippen LogP contribution in [-0.4, -0.2) is 35.2 Å². The number of methoxy groups -OCH3 is 1. The lowest BCUT2D eigenvalue weighted by Crippen LogP contribution is -2.51. The minimum atomic E-state index is -0.914. The maximum absolute atomic E-state index is 12.4. The van der Waals surface area contributed by atoms with Gasteiger partial charge in [-0.2, -0.15) is 0 Å². The average molecular weight is 435 g/mol. The number of fused-ring (bicyclic) bond motifs is 3. The summed E-state index contributed by atoms with van der Waals surface area (Å²) in [6, 6.07) is 13.8. The highest BCUT2D eigenvalue weighted by Gasteiger charge is 2.44. The number of thiophene rings is 1. The second kappa shape index (κ2) is 7.13. The number of H-pyrrole nitrogens is 1. The van der Waals surface area contributed by atoms with E-state index in [1.807, 2.05) is 47.8 Å². The Kier molecular flexibility index (Phi) is 4.51. The fourth-order valence-electron chi connectivity index (χ4n) is 4.74. The molecular formula is C24H22N2O4S. The predicted molar refractivity (Wildman–Crippen MR) is 123 cm³/mol. The second-order valence-corrected chi connectivity index (χ2v) is 8.90. The Bertz CT molecular complexity index is 1370. The van der Waals surface area contributed by atoms with Gasteiger partial charge in [-0.1, -0.05) is 24.3 Å². The van der Waals surface area contributed by atoms with Crippen LogP contribution in [0.25, 0.3) is 32.1 Å². The molecule has 2 aromatic carbocycles. The standard InChI is InChI=1S/C24H22N2O4S/c1-26(23(28)29)24(11-3-12-24)15-6-4-14(5-7-15)19-18(30-2)9-8-17-20(19)16-10-13-31-21(16)22(27)25-17/h4-10,13H,3,11-12H2,1-2H3,(H,25,27)(H,28,29). The number of rotatable bonds is 4. The van der Waals surface area contributed by atoms with Crippen molar-refractivity contribution in [3.63, 3.8) is 0 Å². The van der Waals surface area contributed by atoms with E-state index in [0.717, 1.165) is 58.0 Å². The maximum Gasteiger partial charge on any atom is 0.407 e. The molecule has 31 heavy (non-hydrogen) atoms. The van der Waals surface area contributed by atoms with Crippen LogP contribution in [-0.2, 0) is 5.54 Å². The minimum Gasteiger partial charge on any atom is -0.496 e. The summed E-state index contributed by atoms with van der Waals surface area (Å²) in [5, 5.41) is 13.3. The Morgan fingerprint density at radius 2 is 1.90 bits per heavy atom. The predicted octanol–water partition coefficient (Wildman–Crippen LogP) is 5.41. The molecular weight excluding hydrogens is 412 g/mol. The lowest BCUT2D eigenvalue weighted by atomic mass is 9.70. The van der Waals surface area contributed by atoms with Gasteiger partial charge in [0.25, 0.3) is 5.56 Å². The van der Waals surface area contributed by atoms with E-state index in [1.165, 1.54) is 16.2 Å². The molecule has 158 valence electrons. The Morgan fingerprint density at radius 3 is 2.52 bits per heavy atom. The van der Waals surface area contributed by atoms with Crippen LogP contribution < -0.4 is 10.3 Å². The highest BCUT2D eigenvalue weighted by Crippen LogP contribution is 2.47. The summed E-state index contributed by atoms with van der Waals surface area (Å²) in [5.74, 6) is 0.723. The van der Waals surface area contributed by atoms with E-state index >= 15 is 0 Å². The smallest absolute Gasteiger partial charge is 0.407 e. The van der Waals surface area contributed by atoms with Gasteiger partial charge in [-0.05, 0) is 54.0 Å². The maximum atomic E-state index is 12.4. The van der Waals surface area contributed by atoms with Gasteiger partial charge in [0.1, 0.15) is 10.4 Å². The first-order valence-electron chi connectivity index (χ1n) is 10.1. The van der Waals surface area contributed by atoms with Crippen molar-refractivity contribution >= 4 is 38.4 Å². The van der Waals surface area contributed by atoms with Crippen LogP contribution >= 0.6 is 11.3 Å². The van der Waals surface area contributed by atoms with Crippen LogP contribution in [0.5, 0.6) is 5.75 Å². The largest absolute Gasteiger partial charge is 0.496 e. The molecule has 7 heteroatoms. The molecule has 4 aromatic rings. The van der Waals surface area contributed by atoms with Gasteiger partial charge < -0.3 is 19.7 Å². The zero-order valence-electron chi connectivity index (χ0n) is 17.3. The van der Waals surface area contributed by atoms with Crippen molar-refractivity contribution in [3.05, 3.63) is 63.8 Å². The van der Waals surface area contributed by atoms with E-state index in [1.54, 1.807) is 14.2 Å². The monoisotopic (exact) mass is 434 g/mol. The van der Waals surface area contributed by atoms with Gasteiger partial charge >= 0.3 is 6.09 Å². The molecule has 1 saturated carbocycles. The summed E-state index contributed by atoms with van der Waals surface area (Å²) in [5.41, 5.74) is 3.09. The molecule has 0 atom stereocenters. The van der Waals surface area contributed by atoms with E-state index in [2.05, 4.69) is 4.98 Å². The molecule has 2 heterocycles. The minimum absolute atomic E-state index is 0.0902. The SMILES string of the molecule is COc1ccc2[nH]c(=O)c3sccc3c2c1-c1ccc(C2(N(C)C(=O)O)CCC2)cc1. The molecule has 1 fully saturated rings. The van der Waals surface area contributed by atoms with Gasteiger partial charge in [-0.3, -0.25) is 4.79 Å².